The normalized spacial score (nSPS) is 15.4. The van der Waals surface area contributed by atoms with E-state index in [4.69, 9.17) is 5.73 Å². The summed E-state index contributed by atoms with van der Waals surface area (Å²) in [5.74, 6) is 0.169. The van der Waals surface area contributed by atoms with E-state index in [1.165, 1.54) is 0 Å². The lowest BCUT2D eigenvalue weighted by Gasteiger charge is -2.40. The van der Waals surface area contributed by atoms with Crippen LogP contribution in [0.2, 0.25) is 0 Å². The zero-order valence-electron chi connectivity index (χ0n) is 10.5. The highest BCUT2D eigenvalue weighted by molar-refractivity contribution is 5.83. The Labute approximate surface area is 88.3 Å². The summed E-state index contributed by atoms with van der Waals surface area (Å²) in [4.78, 5) is 11.4. The fraction of sp³-hybridized carbons (Fsp3) is 0.917. The molecule has 0 aliphatic heterocycles. The van der Waals surface area contributed by atoms with Gasteiger partial charge in [-0.2, -0.15) is 0 Å². The third-order valence-electron chi connectivity index (χ3n) is 3.52. The van der Waals surface area contributed by atoms with Gasteiger partial charge in [0.1, 0.15) is 5.78 Å². The zero-order chi connectivity index (χ0) is 11.6. The molecule has 0 saturated heterocycles. The molecule has 0 bridgehead atoms. The standard InChI is InChI=1S/C12H25NO/c1-7-10(14)9(13)8-12(5,6)11(2,3)4/h9H,7-8,13H2,1-6H3. The van der Waals surface area contributed by atoms with Gasteiger partial charge in [-0.3, -0.25) is 4.79 Å². The van der Waals surface area contributed by atoms with Gasteiger partial charge >= 0.3 is 0 Å². The van der Waals surface area contributed by atoms with E-state index in [0.29, 0.717) is 6.42 Å². The molecule has 1 atom stereocenters. The van der Waals surface area contributed by atoms with Gasteiger partial charge in [0.25, 0.3) is 0 Å². The molecule has 1 unspecified atom stereocenters. The minimum Gasteiger partial charge on any atom is -0.321 e. The Bertz CT molecular complexity index is 201. The van der Waals surface area contributed by atoms with Crippen molar-refractivity contribution in [2.75, 3.05) is 0 Å². The summed E-state index contributed by atoms with van der Waals surface area (Å²) in [5.41, 5.74) is 6.13. The quantitative estimate of drug-likeness (QED) is 0.756. The number of carbonyl (C=O) groups is 1. The lowest BCUT2D eigenvalue weighted by Crippen LogP contribution is -2.40. The van der Waals surface area contributed by atoms with Gasteiger partial charge in [0.2, 0.25) is 0 Å². The van der Waals surface area contributed by atoms with Crippen LogP contribution in [0.4, 0.5) is 0 Å². The topological polar surface area (TPSA) is 43.1 Å². The molecule has 0 aromatic heterocycles. The average Bonchev–Trinajstić information content (AvgIpc) is 2.00. The van der Waals surface area contributed by atoms with Crippen molar-refractivity contribution in [2.24, 2.45) is 16.6 Å². The van der Waals surface area contributed by atoms with Crippen LogP contribution in [0.15, 0.2) is 0 Å². The number of ketones is 1. The van der Waals surface area contributed by atoms with Crippen molar-refractivity contribution in [3.8, 4) is 0 Å². The first kappa shape index (κ1) is 13.6. The Morgan fingerprint density at radius 3 is 1.93 bits per heavy atom. The van der Waals surface area contributed by atoms with E-state index in [-0.39, 0.29) is 22.7 Å². The number of carbonyl (C=O) groups excluding carboxylic acids is 1. The molecular weight excluding hydrogens is 174 g/mol. The molecule has 0 radical (unpaired) electrons. The van der Waals surface area contributed by atoms with Crippen LogP contribution in [0.25, 0.3) is 0 Å². The Hall–Kier alpha value is -0.370. The number of Topliss-reactive ketones (excluding diaryl/α,β-unsaturated/α-hetero) is 1. The van der Waals surface area contributed by atoms with E-state index < -0.39 is 0 Å². The van der Waals surface area contributed by atoms with Crippen LogP contribution in [-0.4, -0.2) is 11.8 Å². The van der Waals surface area contributed by atoms with Crippen LogP contribution in [-0.2, 0) is 4.79 Å². The molecule has 2 heteroatoms. The lowest BCUT2D eigenvalue weighted by atomic mass is 9.66. The Morgan fingerprint density at radius 1 is 1.21 bits per heavy atom. The van der Waals surface area contributed by atoms with E-state index in [1.807, 2.05) is 6.92 Å². The Balaban J connectivity index is 4.44. The predicted molar refractivity (Wildman–Crippen MR) is 61.1 cm³/mol. The van der Waals surface area contributed by atoms with E-state index >= 15 is 0 Å². The monoisotopic (exact) mass is 199 g/mol. The van der Waals surface area contributed by atoms with Crippen molar-refractivity contribution >= 4 is 5.78 Å². The van der Waals surface area contributed by atoms with Crippen molar-refractivity contribution < 1.29 is 4.79 Å². The van der Waals surface area contributed by atoms with E-state index in [1.54, 1.807) is 0 Å². The zero-order valence-corrected chi connectivity index (χ0v) is 10.5. The van der Waals surface area contributed by atoms with Crippen LogP contribution in [0.3, 0.4) is 0 Å². The molecule has 0 aliphatic rings. The van der Waals surface area contributed by atoms with Gasteiger partial charge in [-0.25, -0.2) is 0 Å². The molecule has 0 spiro atoms. The molecule has 2 nitrogen and oxygen atoms in total. The van der Waals surface area contributed by atoms with E-state index in [0.717, 1.165) is 6.42 Å². The highest BCUT2D eigenvalue weighted by Gasteiger charge is 2.35. The highest BCUT2D eigenvalue weighted by Crippen LogP contribution is 2.41. The molecule has 0 aromatic carbocycles. The maximum absolute atomic E-state index is 11.4. The highest BCUT2D eigenvalue weighted by atomic mass is 16.1. The molecule has 84 valence electrons. The largest absolute Gasteiger partial charge is 0.321 e. The van der Waals surface area contributed by atoms with Crippen molar-refractivity contribution in [3.05, 3.63) is 0 Å². The first-order valence-corrected chi connectivity index (χ1v) is 5.40. The van der Waals surface area contributed by atoms with E-state index in [2.05, 4.69) is 34.6 Å². The summed E-state index contributed by atoms with van der Waals surface area (Å²) in [5, 5.41) is 0. The van der Waals surface area contributed by atoms with Crippen molar-refractivity contribution in [1.29, 1.82) is 0 Å². The number of nitrogens with two attached hydrogens (primary N) is 1. The second-order valence-corrected chi connectivity index (χ2v) is 5.76. The van der Waals surface area contributed by atoms with Crippen LogP contribution in [0, 0.1) is 10.8 Å². The molecule has 0 fully saturated rings. The molecule has 2 N–H and O–H groups in total. The third kappa shape index (κ3) is 3.41. The summed E-state index contributed by atoms with van der Waals surface area (Å²) < 4.78 is 0. The van der Waals surface area contributed by atoms with Gasteiger partial charge in [0.15, 0.2) is 0 Å². The first-order chi connectivity index (χ1) is 6.12. The fourth-order valence-electron chi connectivity index (χ4n) is 1.23. The van der Waals surface area contributed by atoms with Crippen molar-refractivity contribution in [3.63, 3.8) is 0 Å². The van der Waals surface area contributed by atoms with Crippen LogP contribution < -0.4 is 5.73 Å². The molecule has 14 heavy (non-hydrogen) atoms. The van der Waals surface area contributed by atoms with E-state index in [9.17, 15) is 4.79 Å². The molecule has 0 amide bonds. The second-order valence-electron chi connectivity index (χ2n) is 5.76. The summed E-state index contributed by atoms with van der Waals surface area (Å²) in [6, 6.07) is -0.297. The molecule has 0 aliphatic carbocycles. The minimum atomic E-state index is -0.297. The Morgan fingerprint density at radius 2 is 1.64 bits per heavy atom. The van der Waals surface area contributed by atoms with Crippen LogP contribution >= 0.6 is 0 Å². The summed E-state index contributed by atoms with van der Waals surface area (Å²) in [7, 11) is 0. The maximum atomic E-state index is 11.4. The van der Waals surface area contributed by atoms with Gasteiger partial charge in [0.05, 0.1) is 6.04 Å². The maximum Gasteiger partial charge on any atom is 0.149 e. The molecular formula is C12H25NO. The number of hydrogen-bond donors (Lipinski definition) is 1. The number of hydrogen-bond acceptors (Lipinski definition) is 2. The fourth-order valence-corrected chi connectivity index (χ4v) is 1.23. The van der Waals surface area contributed by atoms with Crippen molar-refractivity contribution in [1.82, 2.24) is 0 Å². The minimum absolute atomic E-state index is 0.0945. The summed E-state index contributed by atoms with van der Waals surface area (Å²) in [6.45, 7) is 12.8. The van der Waals surface area contributed by atoms with Gasteiger partial charge in [-0.05, 0) is 17.3 Å². The first-order valence-electron chi connectivity index (χ1n) is 5.40. The van der Waals surface area contributed by atoms with Gasteiger partial charge in [0, 0.05) is 6.42 Å². The van der Waals surface area contributed by atoms with Gasteiger partial charge in [-0.1, -0.05) is 41.5 Å². The molecule has 0 rings (SSSR count). The number of rotatable bonds is 4. The second kappa shape index (κ2) is 4.43. The van der Waals surface area contributed by atoms with Gasteiger partial charge in [-0.15, -0.1) is 0 Å². The smallest absolute Gasteiger partial charge is 0.149 e. The lowest BCUT2D eigenvalue weighted by molar-refractivity contribution is -0.121. The molecule has 0 aromatic rings. The predicted octanol–water partition coefficient (Wildman–Crippen LogP) is 2.76. The molecule has 0 saturated carbocycles. The van der Waals surface area contributed by atoms with Gasteiger partial charge < -0.3 is 5.73 Å². The third-order valence-corrected chi connectivity index (χ3v) is 3.52. The molecule has 0 heterocycles. The van der Waals surface area contributed by atoms with Crippen molar-refractivity contribution in [2.45, 2.75) is 60.4 Å². The Kier molecular flexibility index (Phi) is 4.32. The SMILES string of the molecule is CCC(=O)C(N)CC(C)(C)C(C)(C)C. The van der Waals surface area contributed by atoms with Crippen LogP contribution in [0.5, 0.6) is 0 Å². The average molecular weight is 199 g/mol. The summed E-state index contributed by atoms with van der Waals surface area (Å²) in [6.07, 6.45) is 1.31. The summed E-state index contributed by atoms with van der Waals surface area (Å²) >= 11 is 0. The van der Waals surface area contributed by atoms with Crippen LogP contribution in [0.1, 0.15) is 54.4 Å².